The fourth-order valence-electron chi connectivity index (χ4n) is 3.07. The van der Waals surface area contributed by atoms with E-state index >= 15 is 0 Å². The first-order valence-electron chi connectivity index (χ1n) is 7.73. The summed E-state index contributed by atoms with van der Waals surface area (Å²) >= 11 is 6.33. The summed E-state index contributed by atoms with van der Waals surface area (Å²) in [7, 11) is 1.63. The highest BCUT2D eigenvalue weighted by Gasteiger charge is 2.48. The maximum absolute atomic E-state index is 12.8. The fourth-order valence-corrected chi connectivity index (χ4v) is 3.36. The van der Waals surface area contributed by atoms with Crippen molar-refractivity contribution in [3.05, 3.63) is 34.9 Å². The topological polar surface area (TPSA) is 46.6 Å². The van der Waals surface area contributed by atoms with Crippen LogP contribution in [0.5, 0.6) is 0 Å². The molecule has 1 amide bonds. The Morgan fingerprint density at radius 3 is 2.73 bits per heavy atom. The third kappa shape index (κ3) is 2.98. The van der Waals surface area contributed by atoms with Crippen molar-refractivity contribution in [3.8, 4) is 0 Å². The Hall–Kier alpha value is -1.55. The van der Waals surface area contributed by atoms with Gasteiger partial charge in [0.1, 0.15) is 5.54 Å². The minimum atomic E-state index is -1.01. The molecule has 0 bridgehead atoms. The number of carbonyl (C=O) groups excluding carboxylic acids is 2. The van der Waals surface area contributed by atoms with Gasteiger partial charge in [0.2, 0.25) is 0 Å². The summed E-state index contributed by atoms with van der Waals surface area (Å²) in [5, 5.41) is 0.507. The number of likely N-dealkylation sites (N-methyl/N-ethyl adjacent to an activating group) is 1. The van der Waals surface area contributed by atoms with Crippen LogP contribution in [0.1, 0.15) is 44.6 Å². The number of ether oxygens (including phenoxy) is 1. The van der Waals surface area contributed by atoms with Crippen molar-refractivity contribution in [2.45, 2.75) is 44.6 Å². The lowest BCUT2D eigenvalue weighted by Gasteiger charge is -2.43. The second-order valence-corrected chi connectivity index (χ2v) is 6.05. The lowest BCUT2D eigenvalue weighted by Crippen LogP contribution is -2.54. The van der Waals surface area contributed by atoms with Crippen molar-refractivity contribution in [1.82, 2.24) is 4.90 Å². The third-order valence-corrected chi connectivity index (χ3v) is 4.58. The van der Waals surface area contributed by atoms with Crippen molar-refractivity contribution in [1.29, 1.82) is 0 Å². The van der Waals surface area contributed by atoms with Crippen molar-refractivity contribution < 1.29 is 14.3 Å². The van der Waals surface area contributed by atoms with Crippen LogP contribution in [-0.4, -0.2) is 30.4 Å². The largest absolute Gasteiger partial charge is 0.449 e. The number of Topliss-reactive ketones (excluding diaryl/α,β-unsaturated/α-hetero) is 1. The fraction of sp³-hybridized carbons (Fsp3) is 0.529. The molecule has 4 nitrogen and oxygen atoms in total. The summed E-state index contributed by atoms with van der Waals surface area (Å²) < 4.78 is 5.23. The zero-order chi connectivity index (χ0) is 16.2. The molecule has 0 heterocycles. The second-order valence-electron chi connectivity index (χ2n) is 5.64. The van der Waals surface area contributed by atoms with E-state index in [2.05, 4.69) is 0 Å². The maximum Gasteiger partial charge on any atom is 0.410 e. The van der Waals surface area contributed by atoms with E-state index in [1.54, 1.807) is 13.1 Å². The molecule has 120 valence electrons. The zero-order valence-corrected chi connectivity index (χ0v) is 13.9. The molecule has 1 atom stereocenters. The van der Waals surface area contributed by atoms with Gasteiger partial charge in [0.15, 0.2) is 5.78 Å². The van der Waals surface area contributed by atoms with Gasteiger partial charge >= 0.3 is 6.09 Å². The van der Waals surface area contributed by atoms with E-state index in [0.29, 0.717) is 30.0 Å². The summed E-state index contributed by atoms with van der Waals surface area (Å²) in [5.41, 5.74) is -0.321. The lowest BCUT2D eigenvalue weighted by atomic mass is 9.74. The molecule has 0 spiro atoms. The van der Waals surface area contributed by atoms with Crippen molar-refractivity contribution >= 4 is 23.5 Å². The van der Waals surface area contributed by atoms with E-state index in [-0.39, 0.29) is 5.78 Å². The quantitative estimate of drug-likeness (QED) is 0.836. The molecule has 0 aliphatic heterocycles. The van der Waals surface area contributed by atoms with Crippen LogP contribution in [0.2, 0.25) is 5.02 Å². The van der Waals surface area contributed by atoms with Crippen LogP contribution >= 0.6 is 11.6 Å². The SMILES string of the molecule is CCCOC(=O)N(C)[C@]1(c2ccccc2Cl)CCCCC1=O. The highest BCUT2D eigenvalue weighted by Crippen LogP contribution is 2.42. The van der Waals surface area contributed by atoms with Gasteiger partial charge < -0.3 is 4.74 Å². The minimum absolute atomic E-state index is 0.0304. The predicted molar refractivity (Wildman–Crippen MR) is 86.0 cm³/mol. The van der Waals surface area contributed by atoms with Crippen molar-refractivity contribution in [2.24, 2.45) is 0 Å². The third-order valence-electron chi connectivity index (χ3n) is 4.25. The first kappa shape index (κ1) is 16.8. The Kier molecular flexibility index (Phi) is 5.46. The molecule has 1 saturated carbocycles. The number of halogens is 1. The van der Waals surface area contributed by atoms with Gasteiger partial charge in [0.05, 0.1) is 6.61 Å². The van der Waals surface area contributed by atoms with Crippen LogP contribution in [0.4, 0.5) is 4.79 Å². The normalized spacial score (nSPS) is 21.5. The Bertz CT molecular complexity index is 561. The Morgan fingerprint density at radius 1 is 1.36 bits per heavy atom. The van der Waals surface area contributed by atoms with E-state index in [0.717, 1.165) is 19.3 Å². The smallest absolute Gasteiger partial charge is 0.410 e. The van der Waals surface area contributed by atoms with Gasteiger partial charge in [0.25, 0.3) is 0 Å². The molecule has 5 heteroatoms. The summed E-state index contributed by atoms with van der Waals surface area (Å²) in [6.07, 6.45) is 3.03. The van der Waals surface area contributed by atoms with Crippen LogP contribution in [0.3, 0.4) is 0 Å². The predicted octanol–water partition coefficient (Wildman–Crippen LogP) is 4.16. The number of hydrogen-bond donors (Lipinski definition) is 0. The molecule has 1 aromatic carbocycles. The molecular formula is C17H22ClNO3. The highest BCUT2D eigenvalue weighted by molar-refractivity contribution is 6.31. The standard InChI is InChI=1S/C17H22ClNO3/c1-3-12-22-16(21)19(2)17(11-7-6-10-15(17)20)13-8-4-5-9-14(13)18/h4-5,8-9H,3,6-7,10-12H2,1-2H3/t17-/m0/s1. The Labute approximate surface area is 136 Å². The molecule has 1 aromatic rings. The molecule has 0 aromatic heterocycles. The van der Waals surface area contributed by atoms with E-state index in [9.17, 15) is 9.59 Å². The van der Waals surface area contributed by atoms with Crippen molar-refractivity contribution in [3.63, 3.8) is 0 Å². The highest BCUT2D eigenvalue weighted by atomic mass is 35.5. The monoisotopic (exact) mass is 323 g/mol. The number of benzene rings is 1. The molecule has 22 heavy (non-hydrogen) atoms. The van der Waals surface area contributed by atoms with Crippen LogP contribution in [-0.2, 0) is 15.1 Å². The first-order chi connectivity index (χ1) is 10.5. The number of nitrogens with zero attached hydrogens (tertiary/aromatic N) is 1. The van der Waals surface area contributed by atoms with E-state index in [4.69, 9.17) is 16.3 Å². The number of hydrogen-bond acceptors (Lipinski definition) is 3. The van der Waals surface area contributed by atoms with E-state index in [1.165, 1.54) is 4.90 Å². The van der Waals surface area contributed by atoms with Crippen LogP contribution < -0.4 is 0 Å². The molecular weight excluding hydrogens is 302 g/mol. The van der Waals surface area contributed by atoms with Crippen LogP contribution in [0.15, 0.2) is 24.3 Å². The molecule has 2 rings (SSSR count). The summed E-state index contributed by atoms with van der Waals surface area (Å²) in [6, 6.07) is 7.25. The molecule has 0 radical (unpaired) electrons. The maximum atomic E-state index is 12.8. The molecule has 1 aliphatic carbocycles. The van der Waals surface area contributed by atoms with Gasteiger partial charge in [-0.3, -0.25) is 9.69 Å². The van der Waals surface area contributed by atoms with Gasteiger partial charge in [-0.1, -0.05) is 36.7 Å². The second kappa shape index (κ2) is 7.14. The molecule has 0 saturated heterocycles. The average molecular weight is 324 g/mol. The summed E-state index contributed by atoms with van der Waals surface area (Å²) in [5.74, 6) is 0.0304. The summed E-state index contributed by atoms with van der Waals surface area (Å²) in [6.45, 7) is 2.28. The van der Waals surface area contributed by atoms with Gasteiger partial charge in [-0.25, -0.2) is 4.79 Å². The van der Waals surface area contributed by atoms with Crippen LogP contribution in [0, 0.1) is 0 Å². The number of carbonyl (C=O) groups is 2. The van der Waals surface area contributed by atoms with E-state index < -0.39 is 11.6 Å². The Morgan fingerprint density at radius 2 is 2.09 bits per heavy atom. The Balaban J connectivity index is 2.45. The molecule has 1 fully saturated rings. The molecule has 1 aliphatic rings. The van der Waals surface area contributed by atoms with Gasteiger partial charge in [-0.2, -0.15) is 0 Å². The van der Waals surface area contributed by atoms with Gasteiger partial charge in [0, 0.05) is 24.1 Å². The number of ketones is 1. The van der Waals surface area contributed by atoms with Crippen molar-refractivity contribution in [2.75, 3.05) is 13.7 Å². The van der Waals surface area contributed by atoms with Gasteiger partial charge in [-0.05, 0) is 31.7 Å². The minimum Gasteiger partial charge on any atom is -0.449 e. The lowest BCUT2D eigenvalue weighted by molar-refractivity contribution is -0.133. The summed E-state index contributed by atoms with van der Waals surface area (Å²) in [4.78, 5) is 26.6. The van der Waals surface area contributed by atoms with Crippen LogP contribution in [0.25, 0.3) is 0 Å². The number of amides is 1. The molecule has 0 N–H and O–H groups in total. The average Bonchev–Trinajstić information content (AvgIpc) is 2.53. The van der Waals surface area contributed by atoms with Gasteiger partial charge in [-0.15, -0.1) is 0 Å². The number of rotatable bonds is 4. The zero-order valence-electron chi connectivity index (χ0n) is 13.1. The first-order valence-corrected chi connectivity index (χ1v) is 8.10. The molecule has 0 unspecified atom stereocenters. The van der Waals surface area contributed by atoms with E-state index in [1.807, 2.05) is 25.1 Å².